The molecular formula is C11H11FO. The minimum absolute atomic E-state index is 0.196. The van der Waals surface area contributed by atoms with Crippen molar-refractivity contribution < 1.29 is 9.18 Å². The van der Waals surface area contributed by atoms with Crippen LogP contribution in [0, 0.1) is 5.92 Å². The fourth-order valence-electron chi connectivity index (χ4n) is 1.46. The van der Waals surface area contributed by atoms with Gasteiger partial charge in [-0.2, -0.15) is 0 Å². The third-order valence-electron chi connectivity index (χ3n) is 2.40. The Kier molecular flexibility index (Phi) is 2.13. The molecule has 0 amide bonds. The zero-order valence-corrected chi connectivity index (χ0v) is 7.24. The maximum absolute atomic E-state index is 13.5. The van der Waals surface area contributed by atoms with E-state index in [1.165, 1.54) is 0 Å². The van der Waals surface area contributed by atoms with E-state index < -0.39 is 6.17 Å². The van der Waals surface area contributed by atoms with Gasteiger partial charge in [-0.25, -0.2) is 4.39 Å². The molecule has 0 N–H and O–H groups in total. The van der Waals surface area contributed by atoms with Crippen molar-refractivity contribution in [2.45, 2.75) is 19.0 Å². The van der Waals surface area contributed by atoms with Gasteiger partial charge in [0.2, 0.25) is 0 Å². The van der Waals surface area contributed by atoms with E-state index in [0.29, 0.717) is 11.1 Å². The largest absolute Gasteiger partial charge is 0.298 e. The summed E-state index contributed by atoms with van der Waals surface area (Å²) in [6, 6.07) is 6.80. The van der Waals surface area contributed by atoms with E-state index in [9.17, 15) is 9.18 Å². The Bertz CT molecular complexity index is 318. The maximum atomic E-state index is 13.5. The minimum atomic E-state index is -0.875. The molecule has 1 aromatic rings. The monoisotopic (exact) mass is 178 g/mol. The van der Waals surface area contributed by atoms with Crippen molar-refractivity contribution in [2.24, 2.45) is 5.92 Å². The predicted octanol–water partition coefficient (Wildman–Crippen LogP) is 2.92. The average Bonchev–Trinajstić information content (AvgIpc) is 3.00. The Morgan fingerprint density at radius 2 is 2.23 bits per heavy atom. The first-order chi connectivity index (χ1) is 6.31. The molecule has 0 bridgehead atoms. The zero-order valence-electron chi connectivity index (χ0n) is 7.24. The molecule has 13 heavy (non-hydrogen) atoms. The van der Waals surface area contributed by atoms with Crippen LogP contribution in [0.25, 0.3) is 0 Å². The predicted molar refractivity (Wildman–Crippen MR) is 48.4 cm³/mol. The normalized spacial score (nSPS) is 18.2. The van der Waals surface area contributed by atoms with Gasteiger partial charge in [0.15, 0.2) is 0 Å². The van der Waals surface area contributed by atoms with E-state index in [1.54, 1.807) is 24.3 Å². The summed E-state index contributed by atoms with van der Waals surface area (Å²) in [4.78, 5) is 10.4. The van der Waals surface area contributed by atoms with Crippen LogP contribution < -0.4 is 0 Å². The standard InChI is InChI=1S/C11H11FO/c12-11(9-4-5-9)10-3-1-2-8(6-10)7-13/h1-3,6-7,9,11H,4-5H2. The van der Waals surface area contributed by atoms with Gasteiger partial charge in [0.1, 0.15) is 12.5 Å². The van der Waals surface area contributed by atoms with E-state index in [0.717, 1.165) is 19.1 Å². The van der Waals surface area contributed by atoms with E-state index >= 15 is 0 Å². The van der Waals surface area contributed by atoms with Crippen LogP contribution in [0.2, 0.25) is 0 Å². The van der Waals surface area contributed by atoms with Crippen LogP contribution in [0.4, 0.5) is 4.39 Å². The van der Waals surface area contributed by atoms with Gasteiger partial charge in [-0.3, -0.25) is 4.79 Å². The molecule has 0 aliphatic heterocycles. The van der Waals surface area contributed by atoms with Crippen molar-refractivity contribution >= 4 is 6.29 Å². The maximum Gasteiger partial charge on any atom is 0.150 e. The fraction of sp³-hybridized carbons (Fsp3) is 0.364. The number of aldehydes is 1. The third-order valence-corrected chi connectivity index (χ3v) is 2.40. The van der Waals surface area contributed by atoms with Gasteiger partial charge < -0.3 is 0 Å². The lowest BCUT2D eigenvalue weighted by atomic mass is 10.0. The van der Waals surface area contributed by atoms with Crippen LogP contribution in [0.1, 0.15) is 34.9 Å². The van der Waals surface area contributed by atoms with E-state index in [4.69, 9.17) is 0 Å². The summed E-state index contributed by atoms with van der Waals surface area (Å²) in [6.07, 6.45) is 1.84. The molecule has 68 valence electrons. The van der Waals surface area contributed by atoms with Crippen LogP contribution in [-0.4, -0.2) is 6.29 Å². The third kappa shape index (κ3) is 1.77. The molecule has 1 unspecified atom stereocenters. The Labute approximate surface area is 76.6 Å². The van der Waals surface area contributed by atoms with Crippen molar-refractivity contribution in [1.82, 2.24) is 0 Å². The van der Waals surface area contributed by atoms with Crippen molar-refractivity contribution in [3.05, 3.63) is 35.4 Å². The summed E-state index contributed by atoms with van der Waals surface area (Å²) < 4.78 is 13.5. The Morgan fingerprint density at radius 1 is 1.46 bits per heavy atom. The SMILES string of the molecule is O=Cc1cccc(C(F)C2CC2)c1. The number of hydrogen-bond donors (Lipinski definition) is 0. The average molecular weight is 178 g/mol. The summed E-state index contributed by atoms with van der Waals surface area (Å²) in [5.41, 5.74) is 1.20. The molecule has 1 aliphatic rings. The number of alkyl halides is 1. The molecular weight excluding hydrogens is 167 g/mol. The van der Waals surface area contributed by atoms with Gasteiger partial charge in [-0.15, -0.1) is 0 Å². The number of halogens is 1. The first kappa shape index (κ1) is 8.42. The fourth-order valence-corrected chi connectivity index (χ4v) is 1.46. The lowest BCUT2D eigenvalue weighted by Gasteiger charge is -2.06. The molecule has 1 saturated carbocycles. The first-order valence-corrected chi connectivity index (χ1v) is 4.50. The number of hydrogen-bond acceptors (Lipinski definition) is 1. The van der Waals surface area contributed by atoms with Crippen LogP contribution in [0.3, 0.4) is 0 Å². The molecule has 0 heterocycles. The number of benzene rings is 1. The molecule has 2 heteroatoms. The smallest absolute Gasteiger partial charge is 0.150 e. The lowest BCUT2D eigenvalue weighted by molar-refractivity contribution is 0.112. The molecule has 2 rings (SSSR count). The van der Waals surface area contributed by atoms with Crippen LogP contribution in [0.5, 0.6) is 0 Å². The molecule has 0 radical (unpaired) electrons. The van der Waals surface area contributed by atoms with Gasteiger partial charge in [-0.1, -0.05) is 18.2 Å². The Hall–Kier alpha value is -1.18. The first-order valence-electron chi connectivity index (χ1n) is 4.50. The summed E-state index contributed by atoms with van der Waals surface area (Å²) in [5.74, 6) is 0.196. The highest BCUT2D eigenvalue weighted by molar-refractivity contribution is 5.74. The number of carbonyl (C=O) groups is 1. The summed E-state index contributed by atoms with van der Waals surface area (Å²) in [6.45, 7) is 0. The second-order valence-electron chi connectivity index (χ2n) is 3.53. The Morgan fingerprint density at radius 3 is 2.85 bits per heavy atom. The quantitative estimate of drug-likeness (QED) is 0.650. The minimum Gasteiger partial charge on any atom is -0.298 e. The van der Waals surface area contributed by atoms with E-state index in [-0.39, 0.29) is 5.92 Å². The zero-order chi connectivity index (χ0) is 9.26. The molecule has 1 aliphatic carbocycles. The van der Waals surface area contributed by atoms with Crippen molar-refractivity contribution in [3.63, 3.8) is 0 Å². The number of rotatable bonds is 3. The van der Waals surface area contributed by atoms with Gasteiger partial charge in [0.25, 0.3) is 0 Å². The number of carbonyl (C=O) groups excluding carboxylic acids is 1. The molecule has 1 fully saturated rings. The van der Waals surface area contributed by atoms with Crippen LogP contribution in [-0.2, 0) is 0 Å². The van der Waals surface area contributed by atoms with Gasteiger partial charge in [0, 0.05) is 5.56 Å². The Balaban J connectivity index is 2.22. The van der Waals surface area contributed by atoms with E-state index in [2.05, 4.69) is 0 Å². The highest BCUT2D eigenvalue weighted by Gasteiger charge is 2.32. The van der Waals surface area contributed by atoms with E-state index in [1.807, 2.05) is 0 Å². The van der Waals surface area contributed by atoms with Crippen LogP contribution in [0.15, 0.2) is 24.3 Å². The van der Waals surface area contributed by atoms with Crippen LogP contribution >= 0.6 is 0 Å². The lowest BCUT2D eigenvalue weighted by Crippen LogP contribution is -1.94. The summed E-state index contributed by atoms with van der Waals surface area (Å²) >= 11 is 0. The molecule has 1 atom stereocenters. The summed E-state index contributed by atoms with van der Waals surface area (Å²) in [7, 11) is 0. The van der Waals surface area contributed by atoms with Gasteiger partial charge in [-0.05, 0) is 30.4 Å². The van der Waals surface area contributed by atoms with Gasteiger partial charge >= 0.3 is 0 Å². The molecule has 0 spiro atoms. The second-order valence-corrected chi connectivity index (χ2v) is 3.53. The van der Waals surface area contributed by atoms with Crippen molar-refractivity contribution in [2.75, 3.05) is 0 Å². The highest BCUT2D eigenvalue weighted by Crippen LogP contribution is 2.43. The topological polar surface area (TPSA) is 17.1 Å². The van der Waals surface area contributed by atoms with Crippen molar-refractivity contribution in [3.8, 4) is 0 Å². The highest BCUT2D eigenvalue weighted by atomic mass is 19.1. The van der Waals surface area contributed by atoms with Gasteiger partial charge in [0.05, 0.1) is 0 Å². The van der Waals surface area contributed by atoms with Crippen molar-refractivity contribution in [1.29, 1.82) is 0 Å². The molecule has 0 saturated heterocycles. The summed E-state index contributed by atoms with van der Waals surface area (Å²) in [5, 5.41) is 0. The molecule has 0 aromatic heterocycles. The molecule has 1 aromatic carbocycles. The second kappa shape index (κ2) is 3.29. The molecule has 1 nitrogen and oxygen atoms in total.